The summed E-state index contributed by atoms with van der Waals surface area (Å²) in [6.07, 6.45) is 4.28. The quantitative estimate of drug-likeness (QED) is 0.748. The fourth-order valence-electron chi connectivity index (χ4n) is 2.75. The van der Waals surface area contributed by atoms with Gasteiger partial charge in [-0.25, -0.2) is 0 Å². The molecule has 0 aliphatic carbocycles. The van der Waals surface area contributed by atoms with Gasteiger partial charge in [0.25, 0.3) is 0 Å². The van der Waals surface area contributed by atoms with Gasteiger partial charge in [-0.15, -0.1) is 0 Å². The van der Waals surface area contributed by atoms with Crippen LogP contribution in [0.2, 0.25) is 0 Å². The van der Waals surface area contributed by atoms with Crippen molar-refractivity contribution in [2.24, 2.45) is 11.8 Å². The Morgan fingerprint density at radius 3 is 2.71 bits per heavy atom. The molecule has 0 spiro atoms. The molecule has 0 saturated carbocycles. The predicted molar refractivity (Wildman–Crippen MR) is 68.8 cm³/mol. The lowest BCUT2D eigenvalue weighted by Gasteiger charge is -2.28. The van der Waals surface area contributed by atoms with Gasteiger partial charge in [-0.2, -0.15) is 0 Å². The van der Waals surface area contributed by atoms with E-state index in [9.17, 15) is 4.79 Å². The highest BCUT2D eigenvalue weighted by molar-refractivity contribution is 5.76. The van der Waals surface area contributed by atoms with Crippen molar-refractivity contribution in [1.29, 1.82) is 0 Å². The van der Waals surface area contributed by atoms with Crippen LogP contribution in [0.3, 0.4) is 0 Å². The van der Waals surface area contributed by atoms with Crippen molar-refractivity contribution >= 4 is 5.91 Å². The monoisotopic (exact) mass is 239 g/mol. The van der Waals surface area contributed by atoms with Crippen LogP contribution < -0.4 is 10.6 Å². The maximum atomic E-state index is 11.8. The summed E-state index contributed by atoms with van der Waals surface area (Å²) in [4.78, 5) is 14.2. The Kier molecular flexibility index (Phi) is 4.80. The fraction of sp³-hybridized carbons (Fsp3) is 0.923. The zero-order chi connectivity index (χ0) is 12.1. The van der Waals surface area contributed by atoms with E-state index in [-0.39, 0.29) is 5.91 Å². The summed E-state index contributed by atoms with van der Waals surface area (Å²) in [5.41, 5.74) is 0. The molecule has 4 nitrogen and oxygen atoms in total. The molecule has 4 heteroatoms. The number of nitrogens with zero attached hydrogens (tertiary/aromatic N) is 1. The summed E-state index contributed by atoms with van der Waals surface area (Å²) < 4.78 is 0. The van der Waals surface area contributed by atoms with E-state index in [2.05, 4.69) is 22.6 Å². The Morgan fingerprint density at radius 1 is 1.29 bits per heavy atom. The van der Waals surface area contributed by atoms with Gasteiger partial charge in [0, 0.05) is 13.0 Å². The number of likely N-dealkylation sites (tertiary alicyclic amines) is 1. The molecule has 2 rings (SSSR count). The van der Waals surface area contributed by atoms with E-state index in [0.717, 1.165) is 39.1 Å². The molecule has 98 valence electrons. The Hall–Kier alpha value is -0.610. The molecule has 0 aromatic rings. The number of carbonyl (C=O) groups excluding carboxylic acids is 1. The molecule has 2 N–H and O–H groups in total. The normalized spacial score (nSPS) is 27.2. The number of amides is 1. The lowest BCUT2D eigenvalue weighted by molar-refractivity contribution is -0.122. The first kappa shape index (κ1) is 12.8. The first-order valence-corrected chi connectivity index (χ1v) is 6.90. The lowest BCUT2D eigenvalue weighted by Crippen LogP contribution is -2.35. The van der Waals surface area contributed by atoms with Gasteiger partial charge in [-0.1, -0.05) is 0 Å². The SMILES string of the molecule is CN1CCC(CC(=O)NCC2CCNC2)CC1. The highest BCUT2D eigenvalue weighted by Gasteiger charge is 2.20. The summed E-state index contributed by atoms with van der Waals surface area (Å²) in [5.74, 6) is 1.51. The number of hydrogen-bond donors (Lipinski definition) is 2. The largest absolute Gasteiger partial charge is 0.356 e. The highest BCUT2D eigenvalue weighted by atomic mass is 16.1. The maximum absolute atomic E-state index is 11.8. The summed E-state index contributed by atoms with van der Waals surface area (Å²) >= 11 is 0. The van der Waals surface area contributed by atoms with Gasteiger partial charge in [0.1, 0.15) is 0 Å². The van der Waals surface area contributed by atoms with Crippen LogP contribution in [0.4, 0.5) is 0 Å². The Bertz CT molecular complexity index is 243. The summed E-state index contributed by atoms with van der Waals surface area (Å²) in [6.45, 7) is 5.32. The second-order valence-electron chi connectivity index (χ2n) is 5.61. The number of hydrogen-bond acceptors (Lipinski definition) is 3. The average Bonchev–Trinajstić information content (AvgIpc) is 2.83. The summed E-state index contributed by atoms with van der Waals surface area (Å²) in [6, 6.07) is 0. The molecule has 0 bridgehead atoms. The number of carbonyl (C=O) groups is 1. The van der Waals surface area contributed by atoms with E-state index in [1.807, 2.05) is 0 Å². The van der Waals surface area contributed by atoms with Gasteiger partial charge in [-0.05, 0) is 64.3 Å². The molecular formula is C13H25N3O. The third-order valence-corrected chi connectivity index (χ3v) is 4.06. The van der Waals surface area contributed by atoms with Crippen LogP contribution in [-0.2, 0) is 4.79 Å². The number of nitrogens with one attached hydrogen (secondary N) is 2. The standard InChI is InChI=1S/C13H25N3O/c1-16-6-3-11(4-7-16)8-13(17)15-10-12-2-5-14-9-12/h11-12,14H,2-10H2,1H3,(H,15,17). The first-order valence-electron chi connectivity index (χ1n) is 6.90. The van der Waals surface area contributed by atoms with Gasteiger partial charge in [0.2, 0.25) is 5.91 Å². The summed E-state index contributed by atoms with van der Waals surface area (Å²) in [5, 5.41) is 6.42. The van der Waals surface area contributed by atoms with Crippen molar-refractivity contribution in [1.82, 2.24) is 15.5 Å². The molecule has 0 aromatic carbocycles. The van der Waals surface area contributed by atoms with Gasteiger partial charge in [0.05, 0.1) is 0 Å². The molecule has 0 radical (unpaired) electrons. The number of rotatable bonds is 4. The van der Waals surface area contributed by atoms with Crippen LogP contribution in [0, 0.1) is 11.8 Å². The minimum absolute atomic E-state index is 0.256. The topological polar surface area (TPSA) is 44.4 Å². The molecule has 2 saturated heterocycles. The second kappa shape index (κ2) is 6.36. The van der Waals surface area contributed by atoms with E-state index in [1.165, 1.54) is 19.3 Å². The lowest BCUT2D eigenvalue weighted by atomic mass is 9.93. The van der Waals surface area contributed by atoms with Gasteiger partial charge < -0.3 is 15.5 Å². The van der Waals surface area contributed by atoms with Gasteiger partial charge >= 0.3 is 0 Å². The minimum atomic E-state index is 0.256. The third-order valence-electron chi connectivity index (χ3n) is 4.06. The molecule has 1 unspecified atom stereocenters. The molecule has 2 aliphatic heterocycles. The minimum Gasteiger partial charge on any atom is -0.356 e. The molecule has 0 aromatic heterocycles. The van der Waals surface area contributed by atoms with Crippen molar-refractivity contribution in [3.8, 4) is 0 Å². The summed E-state index contributed by atoms with van der Waals surface area (Å²) in [7, 11) is 2.16. The molecule has 1 atom stereocenters. The molecular weight excluding hydrogens is 214 g/mol. The van der Waals surface area contributed by atoms with E-state index >= 15 is 0 Å². The average molecular weight is 239 g/mol. The molecule has 2 heterocycles. The van der Waals surface area contributed by atoms with Crippen molar-refractivity contribution in [2.75, 3.05) is 39.8 Å². The zero-order valence-corrected chi connectivity index (χ0v) is 10.9. The molecule has 1 amide bonds. The Labute approximate surface area is 104 Å². The van der Waals surface area contributed by atoms with Crippen LogP contribution >= 0.6 is 0 Å². The zero-order valence-electron chi connectivity index (χ0n) is 10.9. The van der Waals surface area contributed by atoms with E-state index in [1.54, 1.807) is 0 Å². The van der Waals surface area contributed by atoms with Crippen LogP contribution in [-0.4, -0.2) is 50.6 Å². The Balaban J connectivity index is 1.60. The molecule has 2 aliphatic rings. The van der Waals surface area contributed by atoms with E-state index in [0.29, 0.717) is 11.8 Å². The smallest absolute Gasteiger partial charge is 0.220 e. The molecule has 17 heavy (non-hydrogen) atoms. The van der Waals surface area contributed by atoms with Gasteiger partial charge in [0.15, 0.2) is 0 Å². The van der Waals surface area contributed by atoms with E-state index in [4.69, 9.17) is 0 Å². The highest BCUT2D eigenvalue weighted by Crippen LogP contribution is 2.19. The number of piperidine rings is 1. The van der Waals surface area contributed by atoms with Crippen molar-refractivity contribution in [3.05, 3.63) is 0 Å². The van der Waals surface area contributed by atoms with Crippen LogP contribution in [0.1, 0.15) is 25.7 Å². The van der Waals surface area contributed by atoms with Crippen molar-refractivity contribution in [2.45, 2.75) is 25.7 Å². The van der Waals surface area contributed by atoms with Crippen LogP contribution in [0.5, 0.6) is 0 Å². The first-order chi connectivity index (χ1) is 8.24. The van der Waals surface area contributed by atoms with Crippen molar-refractivity contribution in [3.63, 3.8) is 0 Å². The van der Waals surface area contributed by atoms with E-state index < -0.39 is 0 Å². The van der Waals surface area contributed by atoms with Gasteiger partial charge in [-0.3, -0.25) is 4.79 Å². The van der Waals surface area contributed by atoms with Crippen LogP contribution in [0.25, 0.3) is 0 Å². The van der Waals surface area contributed by atoms with Crippen molar-refractivity contribution < 1.29 is 4.79 Å². The second-order valence-corrected chi connectivity index (χ2v) is 5.61. The fourth-order valence-corrected chi connectivity index (χ4v) is 2.75. The van der Waals surface area contributed by atoms with Crippen LogP contribution in [0.15, 0.2) is 0 Å². The maximum Gasteiger partial charge on any atom is 0.220 e. The molecule has 2 fully saturated rings. The Morgan fingerprint density at radius 2 is 2.06 bits per heavy atom. The predicted octanol–water partition coefficient (Wildman–Crippen LogP) is 0.444. The third kappa shape index (κ3) is 4.28.